The Bertz CT molecular complexity index is 1170. The molecule has 2 aliphatic rings. The first kappa shape index (κ1) is 16.9. The van der Waals surface area contributed by atoms with Gasteiger partial charge in [-0.05, 0) is 29.8 Å². The van der Waals surface area contributed by atoms with Crippen molar-refractivity contribution in [1.29, 1.82) is 0 Å². The lowest BCUT2D eigenvalue weighted by Gasteiger charge is -2.33. The lowest BCUT2D eigenvalue weighted by atomic mass is 9.81. The zero-order valence-corrected chi connectivity index (χ0v) is 14.9. The lowest BCUT2D eigenvalue weighted by Crippen LogP contribution is -2.31. The lowest BCUT2D eigenvalue weighted by molar-refractivity contribution is 0.261. The molecule has 0 saturated carbocycles. The fourth-order valence-corrected chi connectivity index (χ4v) is 3.71. The summed E-state index contributed by atoms with van der Waals surface area (Å²) in [7, 11) is 0. The van der Waals surface area contributed by atoms with Crippen LogP contribution < -0.4 is 10.5 Å². The van der Waals surface area contributed by atoms with Gasteiger partial charge in [0.05, 0.1) is 6.20 Å². The minimum Gasteiger partial charge on any atom is -0.462 e. The van der Waals surface area contributed by atoms with Crippen LogP contribution in [0.2, 0.25) is 5.15 Å². The highest BCUT2D eigenvalue weighted by molar-refractivity contribution is 6.29. The van der Waals surface area contributed by atoms with Crippen molar-refractivity contribution in [3.05, 3.63) is 70.8 Å². The predicted octanol–water partition coefficient (Wildman–Crippen LogP) is 3.77. The second-order valence-electron chi connectivity index (χ2n) is 6.42. The van der Waals surface area contributed by atoms with Gasteiger partial charge in [-0.15, -0.1) is 0 Å². The van der Waals surface area contributed by atoms with Gasteiger partial charge in [0.1, 0.15) is 23.3 Å². The van der Waals surface area contributed by atoms with E-state index in [4.69, 9.17) is 26.8 Å². The summed E-state index contributed by atoms with van der Waals surface area (Å²) in [5, 5.41) is -0.0474. The molecule has 0 amide bonds. The van der Waals surface area contributed by atoms with Gasteiger partial charge < -0.3 is 15.2 Å². The molecular weight excluding hydrogens is 390 g/mol. The molecule has 1 aromatic carbocycles. The number of aromatic nitrogens is 2. The minimum atomic E-state index is -1.16. The van der Waals surface area contributed by atoms with Crippen LogP contribution in [-0.4, -0.2) is 22.6 Å². The first-order valence-corrected chi connectivity index (χ1v) is 8.62. The zero-order chi connectivity index (χ0) is 19.5. The molecule has 2 aromatic heterocycles. The Labute approximate surface area is 162 Å². The number of benzene rings is 1. The van der Waals surface area contributed by atoms with Gasteiger partial charge in [-0.3, -0.25) is 4.98 Å². The molecule has 140 valence electrons. The Morgan fingerprint density at radius 3 is 2.68 bits per heavy atom. The van der Waals surface area contributed by atoms with Gasteiger partial charge in [0.15, 0.2) is 11.3 Å². The molecule has 6 nitrogen and oxygen atoms in total. The number of nitrogens with zero attached hydrogens (tertiary/aromatic N) is 3. The first-order valence-electron chi connectivity index (χ1n) is 8.24. The van der Waals surface area contributed by atoms with Crippen molar-refractivity contribution in [2.45, 2.75) is 5.54 Å². The number of hydrogen-bond donors (Lipinski definition) is 1. The van der Waals surface area contributed by atoms with E-state index in [2.05, 4.69) is 15.0 Å². The second-order valence-corrected chi connectivity index (χ2v) is 6.80. The molecule has 3 aromatic rings. The number of amidine groups is 1. The number of hydrogen-bond acceptors (Lipinski definition) is 6. The summed E-state index contributed by atoms with van der Waals surface area (Å²) in [5.74, 6) is -1.03. The molecule has 1 atom stereocenters. The van der Waals surface area contributed by atoms with Crippen molar-refractivity contribution < 1.29 is 18.3 Å². The van der Waals surface area contributed by atoms with Crippen LogP contribution in [-0.2, 0) is 10.3 Å². The molecule has 0 fully saturated rings. The smallest absolute Gasteiger partial charge is 0.283 e. The van der Waals surface area contributed by atoms with Gasteiger partial charge in [0, 0.05) is 22.9 Å². The highest BCUT2D eigenvalue weighted by Crippen LogP contribution is 2.52. The van der Waals surface area contributed by atoms with Crippen LogP contribution in [0.1, 0.15) is 11.1 Å². The van der Waals surface area contributed by atoms with Crippen LogP contribution in [0, 0.1) is 11.8 Å². The number of aliphatic imine (C=N–C) groups is 1. The van der Waals surface area contributed by atoms with E-state index < -0.39 is 17.3 Å². The van der Waals surface area contributed by atoms with E-state index in [1.54, 1.807) is 24.4 Å². The quantitative estimate of drug-likeness (QED) is 0.629. The van der Waals surface area contributed by atoms with E-state index in [1.165, 1.54) is 12.1 Å². The van der Waals surface area contributed by atoms with E-state index in [1.807, 2.05) is 0 Å². The van der Waals surface area contributed by atoms with Crippen molar-refractivity contribution in [1.82, 2.24) is 9.97 Å². The van der Waals surface area contributed by atoms with Crippen molar-refractivity contribution in [3.8, 4) is 22.6 Å². The summed E-state index contributed by atoms with van der Waals surface area (Å²) in [6.07, 6.45) is 2.66. The summed E-state index contributed by atoms with van der Waals surface area (Å²) in [4.78, 5) is 11.9. The molecule has 1 spiro atoms. The third kappa shape index (κ3) is 2.41. The number of fused-ring (bicyclic) bond motifs is 4. The van der Waals surface area contributed by atoms with Crippen LogP contribution >= 0.6 is 11.6 Å². The maximum absolute atomic E-state index is 14.5. The highest BCUT2D eigenvalue weighted by atomic mass is 35.5. The van der Waals surface area contributed by atoms with E-state index in [9.17, 15) is 8.78 Å². The summed E-state index contributed by atoms with van der Waals surface area (Å²) in [6, 6.07) is 7.94. The van der Waals surface area contributed by atoms with Crippen LogP contribution in [0.25, 0.3) is 11.1 Å². The van der Waals surface area contributed by atoms with E-state index in [0.29, 0.717) is 28.0 Å². The summed E-state index contributed by atoms with van der Waals surface area (Å²) < 4.78 is 39.2. The van der Waals surface area contributed by atoms with Crippen molar-refractivity contribution in [3.63, 3.8) is 0 Å². The highest BCUT2D eigenvalue weighted by Gasteiger charge is 2.48. The van der Waals surface area contributed by atoms with Gasteiger partial charge in [-0.1, -0.05) is 17.7 Å². The van der Waals surface area contributed by atoms with Crippen LogP contribution in [0.15, 0.2) is 47.7 Å². The predicted molar refractivity (Wildman–Crippen MR) is 97.3 cm³/mol. The normalized spacial score (nSPS) is 19.5. The van der Waals surface area contributed by atoms with Gasteiger partial charge in [-0.25, -0.2) is 14.4 Å². The topological polar surface area (TPSA) is 82.6 Å². The fraction of sp³-hybridized carbons (Fsp3) is 0.105. The Morgan fingerprint density at radius 1 is 1.07 bits per heavy atom. The third-order valence-corrected chi connectivity index (χ3v) is 4.94. The van der Waals surface area contributed by atoms with E-state index in [0.717, 1.165) is 6.20 Å². The SMILES string of the molecule is NC1=N[C@@]2(CO1)c1cc(-c3cncc(F)c3)ccc1Oc1c2cc(Cl)nc1F. The van der Waals surface area contributed by atoms with Gasteiger partial charge in [-0.2, -0.15) is 4.39 Å². The maximum atomic E-state index is 14.5. The number of nitrogens with two attached hydrogens (primary N) is 1. The molecule has 28 heavy (non-hydrogen) atoms. The standard InChI is InChI=1S/C19H11ClF2N4O2/c20-15-5-13-16(17(22)25-15)28-14-2-1-9(10-3-11(21)7-24-6-10)4-12(14)19(13)8-27-18(23)26-19/h1-7H,8H2,(H2,23,26)/t19-/m0/s1. The maximum Gasteiger partial charge on any atom is 0.283 e. The van der Waals surface area contributed by atoms with Crippen LogP contribution in [0.5, 0.6) is 11.5 Å². The average Bonchev–Trinajstić information content (AvgIpc) is 3.05. The average molecular weight is 401 g/mol. The van der Waals surface area contributed by atoms with Gasteiger partial charge in [0.25, 0.3) is 12.0 Å². The Hall–Kier alpha value is -3.26. The molecule has 5 rings (SSSR count). The monoisotopic (exact) mass is 400 g/mol. The molecule has 0 bridgehead atoms. The second kappa shape index (κ2) is 5.87. The van der Waals surface area contributed by atoms with Crippen LogP contribution in [0.3, 0.4) is 0 Å². The molecule has 9 heteroatoms. The number of rotatable bonds is 1. The van der Waals surface area contributed by atoms with Crippen molar-refractivity contribution >= 4 is 17.6 Å². The summed E-state index contributed by atoms with van der Waals surface area (Å²) in [5.41, 5.74) is 6.82. The fourth-order valence-electron chi connectivity index (χ4n) is 3.53. The number of halogens is 3. The first-order chi connectivity index (χ1) is 13.5. The van der Waals surface area contributed by atoms with Crippen LogP contribution in [0.4, 0.5) is 8.78 Å². The van der Waals surface area contributed by atoms with Crippen molar-refractivity contribution in [2.24, 2.45) is 10.7 Å². The number of ether oxygens (including phenoxy) is 2. The molecule has 2 N–H and O–H groups in total. The molecule has 2 aliphatic heterocycles. The van der Waals surface area contributed by atoms with Gasteiger partial charge >= 0.3 is 0 Å². The zero-order valence-electron chi connectivity index (χ0n) is 14.1. The van der Waals surface area contributed by atoms with Gasteiger partial charge in [0.2, 0.25) is 0 Å². The Kier molecular flexibility index (Phi) is 3.54. The largest absolute Gasteiger partial charge is 0.462 e. The molecule has 0 radical (unpaired) electrons. The molecule has 0 unspecified atom stereocenters. The number of pyridine rings is 2. The van der Waals surface area contributed by atoms with E-state index in [-0.39, 0.29) is 23.5 Å². The molecule has 0 aliphatic carbocycles. The minimum absolute atomic E-state index is 0.0346. The Balaban J connectivity index is 1.77. The molecular formula is C19H11ClF2N4O2. The van der Waals surface area contributed by atoms with Crippen molar-refractivity contribution in [2.75, 3.05) is 6.61 Å². The molecule has 4 heterocycles. The summed E-state index contributed by atoms with van der Waals surface area (Å²) >= 11 is 5.97. The summed E-state index contributed by atoms with van der Waals surface area (Å²) in [6.45, 7) is 0.0346. The Morgan fingerprint density at radius 2 is 1.93 bits per heavy atom. The van der Waals surface area contributed by atoms with E-state index >= 15 is 0 Å². The third-order valence-electron chi connectivity index (χ3n) is 4.75. The molecule has 0 saturated heterocycles.